The van der Waals surface area contributed by atoms with Crippen LogP contribution in [0.15, 0.2) is 11.7 Å². The minimum absolute atomic E-state index is 0.00891. The van der Waals surface area contributed by atoms with Crippen LogP contribution >= 0.6 is 0 Å². The molecule has 0 aromatic rings. The third-order valence-electron chi connectivity index (χ3n) is 1.93. The van der Waals surface area contributed by atoms with Crippen molar-refractivity contribution in [2.24, 2.45) is 0 Å². The second-order valence-corrected chi connectivity index (χ2v) is 2.85. The maximum absolute atomic E-state index is 13.2. The highest BCUT2D eigenvalue weighted by Gasteiger charge is 2.56. The summed E-state index contributed by atoms with van der Waals surface area (Å²) in [5.41, 5.74) is -3.09. The highest BCUT2D eigenvalue weighted by Crippen LogP contribution is 2.42. The fourth-order valence-electron chi connectivity index (χ4n) is 1.17. The Bertz CT molecular complexity index is 260. The number of hydrogen-bond acceptors (Lipinski definition) is 1. The van der Waals surface area contributed by atoms with E-state index < -0.39 is 37.0 Å². The standard InChI is InChI=1S/C8H10F7N/c1-3-16(4-2)8(14,15)5(6(9)10)7(11,12)13/h3-4H2,1-2H3. The van der Waals surface area contributed by atoms with Crippen LogP contribution in [0.4, 0.5) is 30.7 Å². The molecule has 0 saturated heterocycles. The third kappa shape index (κ3) is 3.10. The summed E-state index contributed by atoms with van der Waals surface area (Å²) in [5.74, 6) is 0. The molecule has 0 radical (unpaired) electrons. The lowest BCUT2D eigenvalue weighted by Gasteiger charge is -2.30. The topological polar surface area (TPSA) is 3.24 Å². The van der Waals surface area contributed by atoms with E-state index >= 15 is 0 Å². The van der Waals surface area contributed by atoms with Gasteiger partial charge in [-0.2, -0.15) is 30.7 Å². The van der Waals surface area contributed by atoms with Gasteiger partial charge in [0.15, 0.2) is 5.57 Å². The number of nitrogens with zero attached hydrogens (tertiary/aromatic N) is 1. The number of hydrogen-bond donors (Lipinski definition) is 0. The average Bonchev–Trinajstić information content (AvgIpc) is 2.00. The molecular weight excluding hydrogens is 243 g/mol. The summed E-state index contributed by atoms with van der Waals surface area (Å²) in [4.78, 5) is 0.00891. The highest BCUT2D eigenvalue weighted by atomic mass is 19.4. The monoisotopic (exact) mass is 253 g/mol. The molecule has 8 heteroatoms. The zero-order valence-electron chi connectivity index (χ0n) is 8.51. The van der Waals surface area contributed by atoms with Crippen molar-refractivity contribution in [3.8, 4) is 0 Å². The van der Waals surface area contributed by atoms with Crippen LogP contribution in [-0.4, -0.2) is 30.2 Å². The van der Waals surface area contributed by atoms with Crippen molar-refractivity contribution in [3.63, 3.8) is 0 Å². The normalized spacial score (nSPS) is 13.1. The van der Waals surface area contributed by atoms with Gasteiger partial charge in [0.25, 0.3) is 6.08 Å². The first-order chi connectivity index (χ1) is 7.08. The second kappa shape index (κ2) is 5.03. The van der Waals surface area contributed by atoms with Crippen LogP contribution in [0.25, 0.3) is 0 Å². The Kier molecular flexibility index (Phi) is 4.78. The second-order valence-electron chi connectivity index (χ2n) is 2.85. The Morgan fingerprint density at radius 3 is 1.50 bits per heavy atom. The van der Waals surface area contributed by atoms with Crippen LogP contribution < -0.4 is 0 Å². The van der Waals surface area contributed by atoms with Gasteiger partial charge in [-0.1, -0.05) is 13.8 Å². The molecule has 0 aromatic heterocycles. The average molecular weight is 253 g/mol. The van der Waals surface area contributed by atoms with Gasteiger partial charge in [0, 0.05) is 13.1 Å². The SMILES string of the molecule is CCN(CC)C(F)(F)C(=C(F)F)C(F)(F)F. The van der Waals surface area contributed by atoms with Crippen molar-refractivity contribution in [1.29, 1.82) is 0 Å². The van der Waals surface area contributed by atoms with Gasteiger partial charge < -0.3 is 0 Å². The Labute approximate surface area is 87.5 Å². The summed E-state index contributed by atoms with van der Waals surface area (Å²) in [6, 6.07) is -4.72. The van der Waals surface area contributed by atoms with Gasteiger partial charge in [-0.25, -0.2) is 4.90 Å². The molecule has 96 valence electrons. The van der Waals surface area contributed by atoms with Crippen molar-refractivity contribution >= 4 is 0 Å². The number of halogens is 7. The molecule has 0 aliphatic rings. The van der Waals surface area contributed by atoms with E-state index in [1.54, 1.807) is 0 Å². The fourth-order valence-corrected chi connectivity index (χ4v) is 1.17. The minimum Gasteiger partial charge on any atom is -0.241 e. The lowest BCUT2D eigenvalue weighted by Crippen LogP contribution is -2.47. The molecule has 0 spiro atoms. The summed E-state index contributed by atoms with van der Waals surface area (Å²) in [6.07, 6.45) is -9.17. The van der Waals surface area contributed by atoms with Gasteiger partial charge >= 0.3 is 12.2 Å². The van der Waals surface area contributed by atoms with Crippen molar-refractivity contribution in [2.75, 3.05) is 13.1 Å². The van der Waals surface area contributed by atoms with E-state index in [4.69, 9.17) is 0 Å². The maximum atomic E-state index is 13.2. The Balaban J connectivity index is 5.48. The van der Waals surface area contributed by atoms with Crippen molar-refractivity contribution in [2.45, 2.75) is 26.1 Å². The van der Waals surface area contributed by atoms with E-state index in [9.17, 15) is 30.7 Å². The lowest BCUT2D eigenvalue weighted by molar-refractivity contribution is -0.181. The summed E-state index contributed by atoms with van der Waals surface area (Å²) in [7, 11) is 0. The van der Waals surface area contributed by atoms with E-state index in [1.165, 1.54) is 0 Å². The maximum Gasteiger partial charge on any atom is 0.425 e. The van der Waals surface area contributed by atoms with Crippen LogP contribution in [0.1, 0.15) is 13.8 Å². The molecule has 0 aliphatic heterocycles. The van der Waals surface area contributed by atoms with Gasteiger partial charge in [0.05, 0.1) is 0 Å². The third-order valence-corrected chi connectivity index (χ3v) is 1.93. The van der Waals surface area contributed by atoms with Crippen LogP contribution in [0.2, 0.25) is 0 Å². The summed E-state index contributed by atoms with van der Waals surface area (Å²) < 4.78 is 86.5. The molecule has 0 N–H and O–H groups in total. The fraction of sp³-hybridized carbons (Fsp3) is 0.750. The first-order valence-electron chi connectivity index (χ1n) is 4.34. The van der Waals surface area contributed by atoms with Crippen LogP contribution in [0, 0.1) is 0 Å². The number of rotatable bonds is 4. The van der Waals surface area contributed by atoms with Gasteiger partial charge in [-0.15, -0.1) is 0 Å². The predicted molar refractivity (Wildman–Crippen MR) is 43.2 cm³/mol. The zero-order chi connectivity index (χ0) is 13.1. The smallest absolute Gasteiger partial charge is 0.241 e. The summed E-state index contributed by atoms with van der Waals surface area (Å²) in [5, 5.41) is 0. The molecule has 0 aromatic carbocycles. The highest BCUT2D eigenvalue weighted by molar-refractivity contribution is 5.18. The zero-order valence-corrected chi connectivity index (χ0v) is 8.51. The van der Waals surface area contributed by atoms with Crippen LogP contribution in [0.5, 0.6) is 0 Å². The molecule has 0 rings (SSSR count). The summed E-state index contributed by atoms with van der Waals surface area (Å²) >= 11 is 0. The van der Waals surface area contributed by atoms with E-state index in [0.29, 0.717) is 0 Å². The molecule has 0 amide bonds. The Morgan fingerprint density at radius 1 is 0.938 bits per heavy atom. The van der Waals surface area contributed by atoms with Crippen molar-refractivity contribution < 1.29 is 30.7 Å². The van der Waals surface area contributed by atoms with Crippen molar-refractivity contribution in [3.05, 3.63) is 11.7 Å². The van der Waals surface area contributed by atoms with Gasteiger partial charge in [-0.05, 0) is 0 Å². The first-order valence-corrected chi connectivity index (χ1v) is 4.34. The van der Waals surface area contributed by atoms with Crippen LogP contribution in [0.3, 0.4) is 0 Å². The lowest BCUT2D eigenvalue weighted by atomic mass is 10.2. The molecular formula is C8H10F7N. The number of alkyl halides is 5. The van der Waals surface area contributed by atoms with E-state index in [1.807, 2.05) is 0 Å². The molecule has 0 bridgehead atoms. The minimum atomic E-state index is -5.76. The molecule has 0 heterocycles. The van der Waals surface area contributed by atoms with Gasteiger partial charge in [0.1, 0.15) is 0 Å². The largest absolute Gasteiger partial charge is 0.425 e. The van der Waals surface area contributed by atoms with Gasteiger partial charge in [-0.3, -0.25) is 0 Å². The van der Waals surface area contributed by atoms with Crippen molar-refractivity contribution in [1.82, 2.24) is 4.90 Å². The molecule has 1 nitrogen and oxygen atoms in total. The van der Waals surface area contributed by atoms with E-state index in [-0.39, 0.29) is 4.90 Å². The molecule has 0 fully saturated rings. The van der Waals surface area contributed by atoms with E-state index in [2.05, 4.69) is 0 Å². The first kappa shape index (κ1) is 15.2. The molecule has 0 aliphatic carbocycles. The Hall–Kier alpha value is -0.790. The molecule has 0 unspecified atom stereocenters. The number of likely N-dealkylation sites (N-methyl/N-ethyl adjacent to an activating group) is 1. The molecule has 0 atom stereocenters. The van der Waals surface area contributed by atoms with E-state index in [0.717, 1.165) is 13.8 Å². The van der Waals surface area contributed by atoms with Crippen LogP contribution in [-0.2, 0) is 0 Å². The van der Waals surface area contributed by atoms with Gasteiger partial charge in [0.2, 0.25) is 0 Å². The molecule has 0 saturated carbocycles. The quantitative estimate of drug-likeness (QED) is 0.546. The molecule has 16 heavy (non-hydrogen) atoms. The predicted octanol–water partition coefficient (Wildman–Crippen LogP) is 3.63. The Morgan fingerprint density at radius 2 is 1.31 bits per heavy atom. The summed E-state index contributed by atoms with van der Waals surface area (Å²) in [6.45, 7) is 1.36.